The molecule has 0 unspecified atom stereocenters. The van der Waals surface area contributed by atoms with Crippen LogP contribution >= 0.6 is 0 Å². The van der Waals surface area contributed by atoms with Crippen LogP contribution in [0.25, 0.3) is 10.9 Å². The number of carbonyl (C=O) groups is 2. The topological polar surface area (TPSA) is 101 Å². The van der Waals surface area contributed by atoms with Crippen LogP contribution in [-0.2, 0) is 16.1 Å². The molecule has 1 fully saturated rings. The average molecular weight is 528 g/mol. The van der Waals surface area contributed by atoms with Gasteiger partial charge in [-0.25, -0.2) is 4.79 Å². The van der Waals surface area contributed by atoms with Crippen molar-refractivity contribution in [3.63, 3.8) is 0 Å². The number of pyridine rings is 1. The first-order chi connectivity index (χ1) is 17.4. The molecule has 11 heteroatoms. The molecule has 0 bridgehead atoms. The summed E-state index contributed by atoms with van der Waals surface area (Å²) < 4.78 is 39.0. The fraction of sp³-hybridized carbons (Fsp3) is 0.577. The van der Waals surface area contributed by atoms with Gasteiger partial charge >= 0.3 is 12.1 Å². The van der Waals surface area contributed by atoms with Crippen LogP contribution in [0.4, 0.5) is 13.2 Å². The van der Waals surface area contributed by atoms with Crippen LogP contribution in [0.5, 0.6) is 0 Å². The quantitative estimate of drug-likeness (QED) is 0.504. The van der Waals surface area contributed by atoms with Gasteiger partial charge in [-0.05, 0) is 70.7 Å². The molecule has 1 aliphatic heterocycles. The zero-order valence-corrected chi connectivity index (χ0v) is 21.7. The van der Waals surface area contributed by atoms with E-state index in [2.05, 4.69) is 9.88 Å². The Morgan fingerprint density at radius 3 is 2.49 bits per heavy atom. The molecule has 1 atom stereocenters. The average Bonchev–Trinajstić information content (AvgIpc) is 2.83. The first-order valence-electron chi connectivity index (χ1n) is 12.3. The molecule has 1 aliphatic rings. The van der Waals surface area contributed by atoms with Crippen LogP contribution < -0.4 is 10.7 Å². The number of fused-ring (bicyclic) bond motifs is 1. The fourth-order valence-electron chi connectivity index (χ4n) is 4.40. The number of amides is 1. The van der Waals surface area contributed by atoms with Crippen molar-refractivity contribution in [1.82, 2.24) is 14.8 Å². The van der Waals surface area contributed by atoms with E-state index in [0.717, 1.165) is 56.4 Å². The molecule has 37 heavy (non-hydrogen) atoms. The molecule has 206 valence electrons. The molecule has 2 aromatic rings. The number of alkyl halides is 3. The lowest BCUT2D eigenvalue weighted by Gasteiger charge is -2.37. The lowest BCUT2D eigenvalue weighted by atomic mass is 10.0. The molecule has 0 spiro atoms. The number of nitrogens with one attached hydrogen (secondary N) is 1. The number of halogens is 3. The van der Waals surface area contributed by atoms with Gasteiger partial charge in [0.15, 0.2) is 0 Å². The zero-order valence-electron chi connectivity index (χ0n) is 21.7. The van der Waals surface area contributed by atoms with Gasteiger partial charge in [-0.15, -0.1) is 0 Å². The Balaban J connectivity index is 0.000000604. The van der Waals surface area contributed by atoms with Gasteiger partial charge in [0.1, 0.15) is 5.56 Å². The van der Waals surface area contributed by atoms with Gasteiger partial charge in [-0.1, -0.05) is 6.07 Å². The van der Waals surface area contributed by atoms with Gasteiger partial charge in [0.25, 0.3) is 5.91 Å². The number of carbonyl (C=O) groups excluding carboxylic acids is 1. The second-order valence-electron chi connectivity index (χ2n) is 9.40. The Morgan fingerprint density at radius 2 is 1.95 bits per heavy atom. The maximum Gasteiger partial charge on any atom is 0.490 e. The van der Waals surface area contributed by atoms with Crippen molar-refractivity contribution in [1.29, 1.82) is 0 Å². The van der Waals surface area contributed by atoms with Crippen molar-refractivity contribution in [3.8, 4) is 0 Å². The minimum Gasteiger partial charge on any atom is -0.475 e. The molecule has 2 heterocycles. The second kappa shape index (κ2) is 13.6. The molecular formula is C26H36F3N3O5. The van der Waals surface area contributed by atoms with E-state index in [1.54, 1.807) is 13.3 Å². The van der Waals surface area contributed by atoms with E-state index in [9.17, 15) is 22.8 Å². The van der Waals surface area contributed by atoms with Crippen LogP contribution in [0.1, 0.15) is 55.5 Å². The molecular weight excluding hydrogens is 491 g/mol. The van der Waals surface area contributed by atoms with E-state index in [-0.39, 0.29) is 29.0 Å². The number of ether oxygens (including phenoxy) is 1. The smallest absolute Gasteiger partial charge is 0.475 e. The summed E-state index contributed by atoms with van der Waals surface area (Å²) in [5.41, 5.74) is 2.10. The number of piperidine rings is 1. The van der Waals surface area contributed by atoms with Gasteiger partial charge in [-0.3, -0.25) is 9.59 Å². The summed E-state index contributed by atoms with van der Waals surface area (Å²) in [5, 5.41) is 11.1. The number of hydrogen-bond acceptors (Lipinski definition) is 5. The molecule has 0 aliphatic carbocycles. The number of hydrogen-bond donors (Lipinski definition) is 2. The highest BCUT2D eigenvalue weighted by Gasteiger charge is 2.38. The van der Waals surface area contributed by atoms with Crippen LogP contribution in [0, 0.1) is 6.92 Å². The summed E-state index contributed by atoms with van der Waals surface area (Å²) in [6.07, 6.45) is 0.570. The Labute approximate surface area is 214 Å². The van der Waals surface area contributed by atoms with E-state index in [1.807, 2.05) is 43.9 Å². The summed E-state index contributed by atoms with van der Waals surface area (Å²) in [5.74, 6) is -2.91. The Bertz CT molecular complexity index is 1120. The number of aliphatic carboxylic acids is 1. The third-order valence-corrected chi connectivity index (χ3v) is 6.16. The first kappa shape index (κ1) is 30.3. The number of methoxy groups -OCH3 is 1. The van der Waals surface area contributed by atoms with Crippen LogP contribution in [0.15, 0.2) is 29.2 Å². The SMILES string of the molecule is COCCCCn1cc(C(=O)N(C(C)C)[C@@H]2CCCNC2)c(=O)c2ccc(C)cc21.O=C(O)C(F)(F)F. The van der Waals surface area contributed by atoms with E-state index >= 15 is 0 Å². The minimum absolute atomic E-state index is 0.0330. The highest BCUT2D eigenvalue weighted by molar-refractivity contribution is 5.97. The number of aromatic nitrogens is 1. The van der Waals surface area contributed by atoms with Crippen LogP contribution in [-0.4, -0.2) is 71.5 Å². The maximum absolute atomic E-state index is 13.6. The summed E-state index contributed by atoms with van der Waals surface area (Å²) in [6.45, 7) is 9.30. The van der Waals surface area contributed by atoms with Crippen molar-refractivity contribution in [2.45, 2.75) is 71.3 Å². The lowest BCUT2D eigenvalue weighted by Crippen LogP contribution is -2.52. The number of nitrogens with zero attached hydrogens (tertiary/aromatic N) is 2. The third kappa shape index (κ3) is 8.29. The Morgan fingerprint density at radius 1 is 1.27 bits per heavy atom. The predicted molar refractivity (Wildman–Crippen MR) is 135 cm³/mol. The molecule has 3 rings (SSSR count). The number of carboxylic acids is 1. The summed E-state index contributed by atoms with van der Waals surface area (Å²) in [4.78, 5) is 37.7. The van der Waals surface area contributed by atoms with E-state index in [1.165, 1.54) is 0 Å². The fourth-order valence-corrected chi connectivity index (χ4v) is 4.40. The van der Waals surface area contributed by atoms with Gasteiger partial charge in [0.05, 0.1) is 5.52 Å². The number of unbranched alkanes of at least 4 members (excludes halogenated alkanes) is 1. The van der Waals surface area contributed by atoms with Crippen molar-refractivity contribution in [2.24, 2.45) is 0 Å². The van der Waals surface area contributed by atoms with Gasteiger partial charge in [0, 0.05) is 50.5 Å². The summed E-state index contributed by atoms with van der Waals surface area (Å²) in [6, 6.07) is 5.99. The standard InChI is InChI=1S/C24H35N3O3.C2HF3O2/c1-17(2)27(19-8-7-11-25-15-19)24(29)21-16-26(12-5-6-13-30-4)22-14-18(3)9-10-20(22)23(21)28;3-2(4,5)1(6)7/h9-10,14,16-17,19,25H,5-8,11-13,15H2,1-4H3;(H,6,7)/t19-;/m1./s1. The second-order valence-corrected chi connectivity index (χ2v) is 9.40. The van der Waals surface area contributed by atoms with E-state index < -0.39 is 12.1 Å². The monoisotopic (exact) mass is 527 g/mol. The highest BCUT2D eigenvalue weighted by Crippen LogP contribution is 2.20. The number of benzene rings is 1. The van der Waals surface area contributed by atoms with Crippen molar-refractivity contribution >= 4 is 22.8 Å². The molecule has 1 aromatic heterocycles. The van der Waals surface area contributed by atoms with Gasteiger partial charge < -0.3 is 24.6 Å². The largest absolute Gasteiger partial charge is 0.490 e. The van der Waals surface area contributed by atoms with Crippen LogP contribution in [0.3, 0.4) is 0 Å². The molecule has 8 nitrogen and oxygen atoms in total. The highest BCUT2D eigenvalue weighted by atomic mass is 19.4. The molecule has 0 radical (unpaired) electrons. The van der Waals surface area contributed by atoms with Crippen molar-refractivity contribution in [3.05, 3.63) is 45.7 Å². The molecule has 1 saturated heterocycles. The zero-order chi connectivity index (χ0) is 27.8. The van der Waals surface area contributed by atoms with E-state index in [0.29, 0.717) is 12.0 Å². The van der Waals surface area contributed by atoms with Crippen LogP contribution in [0.2, 0.25) is 0 Å². The van der Waals surface area contributed by atoms with Crippen molar-refractivity contribution < 1.29 is 32.6 Å². The van der Waals surface area contributed by atoms with Gasteiger partial charge in [-0.2, -0.15) is 13.2 Å². The molecule has 1 aromatic carbocycles. The first-order valence-corrected chi connectivity index (χ1v) is 12.3. The van der Waals surface area contributed by atoms with E-state index in [4.69, 9.17) is 14.6 Å². The summed E-state index contributed by atoms with van der Waals surface area (Å²) >= 11 is 0. The maximum atomic E-state index is 13.6. The third-order valence-electron chi connectivity index (χ3n) is 6.16. The number of rotatable bonds is 8. The number of carboxylic acid groups (broad SMARTS) is 1. The molecule has 1 amide bonds. The lowest BCUT2D eigenvalue weighted by molar-refractivity contribution is -0.192. The molecule has 0 saturated carbocycles. The van der Waals surface area contributed by atoms with Crippen molar-refractivity contribution in [2.75, 3.05) is 26.8 Å². The summed E-state index contributed by atoms with van der Waals surface area (Å²) in [7, 11) is 1.70. The Kier molecular flexibility index (Phi) is 11.1. The normalized spacial score (nSPS) is 15.8. The molecule has 2 N–H and O–H groups in total. The van der Waals surface area contributed by atoms with Gasteiger partial charge in [0.2, 0.25) is 5.43 Å². The Hall–Kier alpha value is -2.92. The number of aryl methyl sites for hydroxylation is 2. The predicted octanol–water partition coefficient (Wildman–Crippen LogP) is 3.97. The minimum atomic E-state index is -5.08.